The Balaban J connectivity index is 0.00000180. The first kappa shape index (κ1) is 16.9. The standard InChI is InChI=1S/C11H16N2O2S3.ClH/c1-7(2)5-13-6-8-3-9-10(16-8)4-11(17-9)18(12,14)15;/h3-4,7,13H,5-6H2,1-2H3,(H2,12,14,15);1H. The highest BCUT2D eigenvalue weighted by molar-refractivity contribution is 7.91. The highest BCUT2D eigenvalue weighted by atomic mass is 35.5. The van der Waals surface area contributed by atoms with E-state index in [0.29, 0.717) is 5.92 Å². The van der Waals surface area contributed by atoms with Gasteiger partial charge in [0.1, 0.15) is 4.21 Å². The summed E-state index contributed by atoms with van der Waals surface area (Å²) in [5.74, 6) is 0.625. The smallest absolute Gasteiger partial charge is 0.247 e. The molecular formula is C11H17ClN2O2S3. The summed E-state index contributed by atoms with van der Waals surface area (Å²) in [4.78, 5) is 1.22. The van der Waals surface area contributed by atoms with Gasteiger partial charge in [-0.25, -0.2) is 13.6 Å². The molecule has 0 amide bonds. The fourth-order valence-corrected chi connectivity index (χ4v) is 4.79. The molecule has 0 saturated carbocycles. The maximum atomic E-state index is 11.2. The molecule has 0 bridgehead atoms. The van der Waals surface area contributed by atoms with Gasteiger partial charge >= 0.3 is 0 Å². The summed E-state index contributed by atoms with van der Waals surface area (Å²) < 4.78 is 24.6. The normalized spacial score (nSPS) is 12.0. The van der Waals surface area contributed by atoms with Crippen molar-refractivity contribution >= 4 is 54.5 Å². The van der Waals surface area contributed by atoms with Crippen molar-refractivity contribution in [1.82, 2.24) is 5.32 Å². The zero-order valence-electron chi connectivity index (χ0n) is 10.7. The number of nitrogens with one attached hydrogen (secondary N) is 1. The largest absolute Gasteiger partial charge is 0.312 e. The Kier molecular flexibility index (Phi) is 5.78. The number of hydrogen-bond acceptors (Lipinski definition) is 5. The molecule has 108 valence electrons. The van der Waals surface area contributed by atoms with Gasteiger partial charge in [-0.1, -0.05) is 13.8 Å². The van der Waals surface area contributed by atoms with Gasteiger partial charge < -0.3 is 5.32 Å². The van der Waals surface area contributed by atoms with Gasteiger partial charge in [0.25, 0.3) is 0 Å². The number of halogens is 1. The average molecular weight is 341 g/mol. The van der Waals surface area contributed by atoms with Crippen LogP contribution in [0.15, 0.2) is 16.3 Å². The van der Waals surface area contributed by atoms with Gasteiger partial charge in [-0.2, -0.15) is 0 Å². The molecular weight excluding hydrogens is 324 g/mol. The van der Waals surface area contributed by atoms with E-state index in [-0.39, 0.29) is 16.6 Å². The third kappa shape index (κ3) is 4.40. The monoisotopic (exact) mass is 340 g/mol. The van der Waals surface area contributed by atoms with Crippen molar-refractivity contribution in [2.45, 2.75) is 24.6 Å². The highest BCUT2D eigenvalue weighted by Crippen LogP contribution is 2.34. The van der Waals surface area contributed by atoms with E-state index < -0.39 is 10.0 Å². The first-order valence-electron chi connectivity index (χ1n) is 5.62. The van der Waals surface area contributed by atoms with Crippen molar-refractivity contribution in [1.29, 1.82) is 0 Å². The summed E-state index contributed by atoms with van der Waals surface area (Å²) in [7, 11) is -3.57. The molecule has 0 aromatic carbocycles. The lowest BCUT2D eigenvalue weighted by atomic mass is 10.2. The second-order valence-electron chi connectivity index (χ2n) is 4.58. The molecule has 0 aliphatic rings. The van der Waals surface area contributed by atoms with Gasteiger partial charge in [-0.3, -0.25) is 0 Å². The molecule has 2 aromatic rings. The van der Waals surface area contributed by atoms with E-state index in [2.05, 4.69) is 19.2 Å². The number of primary sulfonamides is 1. The molecule has 0 atom stereocenters. The quantitative estimate of drug-likeness (QED) is 0.879. The van der Waals surface area contributed by atoms with Crippen molar-refractivity contribution in [2.75, 3.05) is 6.54 Å². The van der Waals surface area contributed by atoms with Crippen LogP contribution in [0.25, 0.3) is 9.40 Å². The molecule has 0 unspecified atom stereocenters. The van der Waals surface area contributed by atoms with Gasteiger partial charge in [0.05, 0.1) is 0 Å². The van der Waals surface area contributed by atoms with E-state index in [1.165, 1.54) is 16.2 Å². The Morgan fingerprint density at radius 2 is 1.89 bits per heavy atom. The highest BCUT2D eigenvalue weighted by Gasteiger charge is 2.14. The molecule has 0 fully saturated rings. The third-order valence-electron chi connectivity index (χ3n) is 2.37. The van der Waals surface area contributed by atoms with Gasteiger partial charge in [0, 0.05) is 20.8 Å². The zero-order valence-corrected chi connectivity index (χ0v) is 13.9. The second-order valence-corrected chi connectivity index (χ2v) is 8.62. The number of thiophene rings is 2. The topological polar surface area (TPSA) is 72.2 Å². The molecule has 0 aliphatic heterocycles. The molecule has 2 rings (SSSR count). The minimum absolute atomic E-state index is 0. The average Bonchev–Trinajstić information content (AvgIpc) is 2.72. The van der Waals surface area contributed by atoms with Gasteiger partial charge in [0.15, 0.2) is 0 Å². The van der Waals surface area contributed by atoms with Gasteiger partial charge in [-0.15, -0.1) is 35.1 Å². The van der Waals surface area contributed by atoms with Crippen molar-refractivity contribution in [2.24, 2.45) is 11.1 Å². The minimum atomic E-state index is -3.57. The van der Waals surface area contributed by atoms with Crippen molar-refractivity contribution < 1.29 is 8.42 Å². The van der Waals surface area contributed by atoms with Crippen LogP contribution in [0.2, 0.25) is 0 Å². The molecule has 2 aromatic heterocycles. The van der Waals surface area contributed by atoms with Crippen LogP contribution in [0, 0.1) is 5.92 Å². The van der Waals surface area contributed by atoms with Gasteiger partial charge in [-0.05, 0) is 24.6 Å². The fourth-order valence-electron chi connectivity index (χ4n) is 1.57. The van der Waals surface area contributed by atoms with E-state index in [0.717, 1.165) is 22.5 Å². The molecule has 8 heteroatoms. The summed E-state index contributed by atoms with van der Waals surface area (Å²) in [5, 5.41) is 8.48. The van der Waals surface area contributed by atoms with Crippen LogP contribution in [-0.2, 0) is 16.6 Å². The fraction of sp³-hybridized carbons (Fsp3) is 0.455. The molecule has 2 heterocycles. The lowest BCUT2D eigenvalue weighted by Gasteiger charge is -2.04. The van der Waals surface area contributed by atoms with Crippen molar-refractivity contribution in [3.63, 3.8) is 0 Å². The second kappa shape index (κ2) is 6.51. The molecule has 3 N–H and O–H groups in total. The number of nitrogens with two attached hydrogens (primary N) is 1. The Labute approximate surface area is 127 Å². The number of fused-ring (bicyclic) bond motifs is 1. The van der Waals surface area contributed by atoms with Crippen LogP contribution in [-0.4, -0.2) is 15.0 Å². The predicted molar refractivity (Wildman–Crippen MR) is 84.9 cm³/mol. The Morgan fingerprint density at radius 1 is 1.26 bits per heavy atom. The number of hydrogen-bond donors (Lipinski definition) is 2. The first-order valence-corrected chi connectivity index (χ1v) is 8.80. The maximum Gasteiger partial charge on any atom is 0.247 e. The molecule has 0 radical (unpaired) electrons. The van der Waals surface area contributed by atoms with Crippen LogP contribution >= 0.6 is 35.1 Å². The summed E-state index contributed by atoms with van der Waals surface area (Å²) >= 11 is 2.85. The first-order chi connectivity index (χ1) is 8.36. The summed E-state index contributed by atoms with van der Waals surface area (Å²) in [5.41, 5.74) is 0. The van der Waals surface area contributed by atoms with Crippen LogP contribution in [0.3, 0.4) is 0 Å². The number of rotatable bonds is 5. The lowest BCUT2D eigenvalue weighted by molar-refractivity contribution is 0.555. The van der Waals surface area contributed by atoms with Crippen LogP contribution in [0.1, 0.15) is 18.7 Å². The minimum Gasteiger partial charge on any atom is -0.312 e. The van der Waals surface area contributed by atoms with Gasteiger partial charge in [0.2, 0.25) is 10.0 Å². The van der Waals surface area contributed by atoms with Crippen LogP contribution in [0.5, 0.6) is 0 Å². The Hall–Kier alpha value is -0.180. The van der Waals surface area contributed by atoms with E-state index in [1.54, 1.807) is 17.4 Å². The summed E-state index contributed by atoms with van der Waals surface area (Å²) in [6.07, 6.45) is 0. The Morgan fingerprint density at radius 3 is 2.42 bits per heavy atom. The summed E-state index contributed by atoms with van der Waals surface area (Å²) in [6, 6.07) is 3.69. The van der Waals surface area contributed by atoms with E-state index in [4.69, 9.17) is 5.14 Å². The third-order valence-corrected chi connectivity index (χ3v) is 6.08. The molecule has 0 saturated heterocycles. The van der Waals surface area contributed by atoms with Crippen LogP contribution in [0.4, 0.5) is 0 Å². The molecule has 19 heavy (non-hydrogen) atoms. The maximum absolute atomic E-state index is 11.2. The SMILES string of the molecule is CC(C)CNCc1cc2sc(S(N)(=O)=O)cc2s1.Cl. The van der Waals surface area contributed by atoms with Crippen molar-refractivity contribution in [3.05, 3.63) is 17.0 Å². The Bertz CT molecular complexity index is 614. The van der Waals surface area contributed by atoms with Crippen LogP contribution < -0.4 is 10.5 Å². The number of sulfonamides is 1. The molecule has 4 nitrogen and oxygen atoms in total. The predicted octanol–water partition coefficient (Wildman–Crippen LogP) is 2.78. The molecule has 0 spiro atoms. The van der Waals surface area contributed by atoms with E-state index >= 15 is 0 Å². The zero-order chi connectivity index (χ0) is 13.3. The lowest BCUT2D eigenvalue weighted by Crippen LogP contribution is -2.18. The van der Waals surface area contributed by atoms with E-state index in [9.17, 15) is 8.42 Å². The van der Waals surface area contributed by atoms with Crippen molar-refractivity contribution in [3.8, 4) is 0 Å². The summed E-state index contributed by atoms with van der Waals surface area (Å²) in [6.45, 7) is 6.14. The molecule has 0 aliphatic carbocycles. The van der Waals surface area contributed by atoms with E-state index in [1.807, 2.05) is 6.07 Å².